The third kappa shape index (κ3) is 2.73. The van der Waals surface area contributed by atoms with Gasteiger partial charge in [0.25, 0.3) is 0 Å². The van der Waals surface area contributed by atoms with Gasteiger partial charge in [-0.1, -0.05) is 0 Å². The molecule has 5 heteroatoms. The van der Waals surface area contributed by atoms with Gasteiger partial charge in [0.2, 0.25) is 0 Å². The Kier molecular flexibility index (Phi) is 3.05. The zero-order chi connectivity index (χ0) is 11.4. The quantitative estimate of drug-likeness (QED) is 0.811. The Bertz CT molecular complexity index is 420. The van der Waals surface area contributed by atoms with Crippen LogP contribution in [0.2, 0.25) is 0 Å². The average molecular weight is 217 g/mol. The Labute approximate surface area is 94.3 Å². The standard InChI is InChI=1S/C11H15N5/c1-9(8-16-6-2-5-14-16)15-11-4-3-10(12)7-13-11/h2-7,9H,8,12H2,1H3,(H,13,15). The molecule has 16 heavy (non-hydrogen) atoms. The Morgan fingerprint density at radius 2 is 2.38 bits per heavy atom. The number of hydrogen-bond acceptors (Lipinski definition) is 4. The molecule has 0 fully saturated rings. The Hall–Kier alpha value is -2.04. The van der Waals surface area contributed by atoms with Crippen LogP contribution in [0.3, 0.4) is 0 Å². The number of nitrogens with zero attached hydrogens (tertiary/aromatic N) is 3. The van der Waals surface area contributed by atoms with Crippen molar-refractivity contribution in [3.63, 3.8) is 0 Å². The monoisotopic (exact) mass is 217 g/mol. The van der Waals surface area contributed by atoms with Crippen molar-refractivity contribution < 1.29 is 0 Å². The van der Waals surface area contributed by atoms with E-state index in [1.165, 1.54) is 0 Å². The van der Waals surface area contributed by atoms with Crippen LogP contribution in [0.15, 0.2) is 36.8 Å². The first-order valence-electron chi connectivity index (χ1n) is 5.19. The zero-order valence-electron chi connectivity index (χ0n) is 9.17. The number of pyridine rings is 1. The maximum absolute atomic E-state index is 5.56. The summed E-state index contributed by atoms with van der Waals surface area (Å²) in [6, 6.07) is 5.87. The van der Waals surface area contributed by atoms with Gasteiger partial charge < -0.3 is 11.1 Å². The fourth-order valence-corrected chi connectivity index (χ4v) is 1.48. The molecule has 0 bridgehead atoms. The lowest BCUT2D eigenvalue weighted by Gasteiger charge is -2.14. The van der Waals surface area contributed by atoms with Gasteiger partial charge in [-0.25, -0.2) is 4.98 Å². The summed E-state index contributed by atoms with van der Waals surface area (Å²) in [5.41, 5.74) is 6.23. The second-order valence-electron chi connectivity index (χ2n) is 3.75. The van der Waals surface area contributed by atoms with E-state index in [9.17, 15) is 0 Å². The lowest BCUT2D eigenvalue weighted by Crippen LogP contribution is -2.22. The molecule has 1 atom stereocenters. The Morgan fingerprint density at radius 3 is 3.00 bits per heavy atom. The second kappa shape index (κ2) is 4.65. The highest BCUT2D eigenvalue weighted by Crippen LogP contribution is 2.07. The number of nitrogen functional groups attached to an aromatic ring is 1. The predicted molar refractivity (Wildman–Crippen MR) is 64.0 cm³/mol. The number of hydrogen-bond donors (Lipinski definition) is 2. The van der Waals surface area contributed by atoms with Crippen LogP contribution in [0.4, 0.5) is 11.5 Å². The van der Waals surface area contributed by atoms with Crippen molar-refractivity contribution >= 4 is 11.5 Å². The minimum atomic E-state index is 0.260. The normalized spacial score (nSPS) is 12.3. The minimum absolute atomic E-state index is 0.260. The van der Waals surface area contributed by atoms with Crippen molar-refractivity contribution in [2.45, 2.75) is 19.5 Å². The van der Waals surface area contributed by atoms with E-state index in [1.54, 1.807) is 12.4 Å². The molecule has 3 N–H and O–H groups in total. The molecule has 84 valence electrons. The first-order chi connectivity index (χ1) is 7.74. The molecular weight excluding hydrogens is 202 g/mol. The summed E-state index contributed by atoms with van der Waals surface area (Å²) < 4.78 is 1.88. The van der Waals surface area contributed by atoms with Gasteiger partial charge in [-0.2, -0.15) is 5.10 Å². The number of nitrogens with two attached hydrogens (primary N) is 1. The van der Waals surface area contributed by atoms with Gasteiger partial charge in [-0.05, 0) is 25.1 Å². The van der Waals surface area contributed by atoms with Crippen LogP contribution in [-0.4, -0.2) is 20.8 Å². The maximum Gasteiger partial charge on any atom is 0.126 e. The van der Waals surface area contributed by atoms with Crippen molar-refractivity contribution in [2.75, 3.05) is 11.1 Å². The first kappa shape index (κ1) is 10.5. The molecular formula is C11H15N5. The van der Waals surface area contributed by atoms with Gasteiger partial charge in [-0.15, -0.1) is 0 Å². The lowest BCUT2D eigenvalue weighted by molar-refractivity contribution is 0.560. The molecule has 0 saturated carbocycles. The van der Waals surface area contributed by atoms with Gasteiger partial charge in [0.05, 0.1) is 18.4 Å². The van der Waals surface area contributed by atoms with Gasteiger partial charge in [0, 0.05) is 18.4 Å². The molecule has 0 aliphatic carbocycles. The van der Waals surface area contributed by atoms with Crippen LogP contribution in [0, 0.1) is 0 Å². The second-order valence-corrected chi connectivity index (χ2v) is 3.75. The van der Waals surface area contributed by atoms with Gasteiger partial charge in [-0.3, -0.25) is 4.68 Å². The summed E-state index contributed by atoms with van der Waals surface area (Å²) in [6.45, 7) is 2.89. The molecule has 0 radical (unpaired) electrons. The van der Waals surface area contributed by atoms with E-state index in [0.29, 0.717) is 5.69 Å². The summed E-state index contributed by atoms with van der Waals surface area (Å²) in [4.78, 5) is 4.18. The number of nitrogens with one attached hydrogen (secondary N) is 1. The summed E-state index contributed by atoms with van der Waals surface area (Å²) in [5.74, 6) is 0.828. The number of rotatable bonds is 4. The molecule has 1 unspecified atom stereocenters. The van der Waals surface area contributed by atoms with Crippen molar-refractivity contribution in [2.24, 2.45) is 0 Å². The maximum atomic E-state index is 5.56. The number of aromatic nitrogens is 3. The molecule has 0 aromatic carbocycles. The molecule has 0 spiro atoms. The Balaban J connectivity index is 1.92. The first-order valence-corrected chi connectivity index (χ1v) is 5.19. The molecule has 0 aliphatic rings. The highest BCUT2D eigenvalue weighted by Gasteiger charge is 2.03. The van der Waals surface area contributed by atoms with Crippen molar-refractivity contribution in [3.05, 3.63) is 36.8 Å². The predicted octanol–water partition coefficient (Wildman–Crippen LogP) is 1.36. The van der Waals surface area contributed by atoms with E-state index in [-0.39, 0.29) is 6.04 Å². The van der Waals surface area contributed by atoms with Crippen LogP contribution in [0.5, 0.6) is 0 Å². The summed E-state index contributed by atoms with van der Waals surface area (Å²) in [6.07, 6.45) is 5.35. The summed E-state index contributed by atoms with van der Waals surface area (Å²) >= 11 is 0. The fraction of sp³-hybridized carbons (Fsp3) is 0.273. The van der Waals surface area contributed by atoms with Crippen LogP contribution >= 0.6 is 0 Å². The Morgan fingerprint density at radius 1 is 1.50 bits per heavy atom. The van der Waals surface area contributed by atoms with E-state index in [2.05, 4.69) is 22.3 Å². The fourth-order valence-electron chi connectivity index (χ4n) is 1.48. The molecule has 2 aromatic heterocycles. The van der Waals surface area contributed by atoms with Crippen LogP contribution in [0.25, 0.3) is 0 Å². The van der Waals surface area contributed by atoms with E-state index < -0.39 is 0 Å². The van der Waals surface area contributed by atoms with E-state index in [1.807, 2.05) is 29.1 Å². The topological polar surface area (TPSA) is 68.8 Å². The van der Waals surface area contributed by atoms with Crippen LogP contribution in [0.1, 0.15) is 6.92 Å². The minimum Gasteiger partial charge on any atom is -0.397 e. The third-order valence-electron chi connectivity index (χ3n) is 2.20. The van der Waals surface area contributed by atoms with Crippen LogP contribution < -0.4 is 11.1 Å². The average Bonchev–Trinajstić information content (AvgIpc) is 2.74. The van der Waals surface area contributed by atoms with Crippen molar-refractivity contribution in [3.8, 4) is 0 Å². The number of anilines is 2. The smallest absolute Gasteiger partial charge is 0.126 e. The van der Waals surface area contributed by atoms with E-state index in [4.69, 9.17) is 5.73 Å². The summed E-state index contributed by atoms with van der Waals surface area (Å²) in [7, 11) is 0. The van der Waals surface area contributed by atoms with Gasteiger partial charge in [0.1, 0.15) is 5.82 Å². The molecule has 0 aliphatic heterocycles. The van der Waals surface area contributed by atoms with Crippen molar-refractivity contribution in [1.29, 1.82) is 0 Å². The van der Waals surface area contributed by atoms with Crippen LogP contribution in [-0.2, 0) is 6.54 Å². The van der Waals surface area contributed by atoms with E-state index >= 15 is 0 Å². The third-order valence-corrected chi connectivity index (χ3v) is 2.20. The lowest BCUT2D eigenvalue weighted by atomic mass is 10.3. The molecule has 0 amide bonds. The highest BCUT2D eigenvalue weighted by atomic mass is 15.3. The van der Waals surface area contributed by atoms with Crippen molar-refractivity contribution in [1.82, 2.24) is 14.8 Å². The summed E-state index contributed by atoms with van der Waals surface area (Å²) in [5, 5.41) is 7.43. The molecule has 2 aromatic rings. The molecule has 5 nitrogen and oxygen atoms in total. The SMILES string of the molecule is CC(Cn1cccn1)Nc1ccc(N)cn1. The van der Waals surface area contributed by atoms with E-state index in [0.717, 1.165) is 12.4 Å². The molecule has 2 heterocycles. The molecule has 0 saturated heterocycles. The zero-order valence-corrected chi connectivity index (χ0v) is 9.17. The van der Waals surface area contributed by atoms with Gasteiger partial charge >= 0.3 is 0 Å². The largest absolute Gasteiger partial charge is 0.397 e. The van der Waals surface area contributed by atoms with Gasteiger partial charge in [0.15, 0.2) is 0 Å². The molecule has 2 rings (SSSR count). The highest BCUT2D eigenvalue weighted by molar-refractivity contribution is 5.44.